The summed E-state index contributed by atoms with van der Waals surface area (Å²) in [6, 6.07) is 19.8. The summed E-state index contributed by atoms with van der Waals surface area (Å²) in [5, 5.41) is 16.9. The van der Waals surface area contributed by atoms with Crippen molar-refractivity contribution in [3.63, 3.8) is 0 Å². The van der Waals surface area contributed by atoms with Crippen molar-refractivity contribution in [1.82, 2.24) is 39.2 Å². The number of para-hydroxylation sites is 1. The third-order valence-corrected chi connectivity index (χ3v) is 6.31. The Kier molecular flexibility index (Phi) is 5.02. The number of aromatic nitrogens is 7. The van der Waals surface area contributed by atoms with Gasteiger partial charge in [0.1, 0.15) is 11.6 Å². The van der Waals surface area contributed by atoms with E-state index in [1.165, 1.54) is 5.56 Å². The van der Waals surface area contributed by atoms with E-state index in [9.17, 15) is 4.79 Å². The number of carbonyl (C=O) groups excluding carboxylic acids is 1. The minimum Gasteiger partial charge on any atom is -0.350 e. The number of benzene rings is 2. The van der Waals surface area contributed by atoms with Crippen molar-refractivity contribution in [1.29, 1.82) is 0 Å². The number of rotatable bonds is 6. The van der Waals surface area contributed by atoms with Gasteiger partial charge in [-0.15, -0.1) is 10.2 Å². The lowest BCUT2D eigenvalue weighted by atomic mass is 10.2. The molecular weight excluding hydrogens is 440 g/mol. The number of hydrogen-bond acceptors (Lipinski definition) is 5. The number of amides is 1. The molecule has 0 aliphatic carbocycles. The van der Waals surface area contributed by atoms with Crippen LogP contribution < -0.4 is 5.32 Å². The summed E-state index contributed by atoms with van der Waals surface area (Å²) < 4.78 is 5.86. The van der Waals surface area contributed by atoms with Crippen LogP contribution in [0, 0.1) is 6.92 Å². The number of nitrogens with one attached hydrogen (secondary N) is 1. The highest BCUT2D eigenvalue weighted by Crippen LogP contribution is 2.22. The Hall–Kier alpha value is -4.53. The van der Waals surface area contributed by atoms with Crippen molar-refractivity contribution in [2.75, 3.05) is 6.54 Å². The zero-order valence-corrected chi connectivity index (χ0v) is 19.5. The smallest absolute Gasteiger partial charge is 0.272 e. The first-order valence-electron chi connectivity index (χ1n) is 11.5. The van der Waals surface area contributed by atoms with E-state index in [0.29, 0.717) is 25.2 Å². The average Bonchev–Trinajstić information content (AvgIpc) is 3.54. The first-order chi connectivity index (χ1) is 17.1. The predicted octanol–water partition coefficient (Wildman–Crippen LogP) is 3.29. The first-order valence-corrected chi connectivity index (χ1v) is 11.5. The van der Waals surface area contributed by atoms with Crippen LogP contribution in [-0.4, -0.2) is 46.4 Å². The monoisotopic (exact) mass is 464 g/mol. The van der Waals surface area contributed by atoms with Crippen LogP contribution in [-0.2, 0) is 20.0 Å². The zero-order chi connectivity index (χ0) is 23.9. The molecule has 9 nitrogen and oxygen atoms in total. The predicted molar refractivity (Wildman–Crippen MR) is 133 cm³/mol. The lowest BCUT2D eigenvalue weighted by Gasteiger charge is -2.05. The highest BCUT2D eigenvalue weighted by atomic mass is 16.1. The van der Waals surface area contributed by atoms with Crippen molar-refractivity contribution in [3.8, 4) is 0 Å². The highest BCUT2D eigenvalue weighted by molar-refractivity contribution is 6.04. The fourth-order valence-electron chi connectivity index (χ4n) is 4.47. The van der Waals surface area contributed by atoms with Gasteiger partial charge in [0, 0.05) is 31.6 Å². The Morgan fingerprint density at radius 3 is 2.74 bits per heavy atom. The second-order valence-electron chi connectivity index (χ2n) is 8.65. The van der Waals surface area contributed by atoms with E-state index in [1.807, 2.05) is 70.9 Å². The number of fused-ring (bicyclic) bond motifs is 3. The fraction of sp³-hybridized carbons (Fsp3) is 0.192. The number of aryl methyl sites for hydroxylation is 2. The Morgan fingerprint density at radius 2 is 1.83 bits per heavy atom. The van der Waals surface area contributed by atoms with Gasteiger partial charge in [-0.2, -0.15) is 5.10 Å². The standard InChI is InChI=1S/C26H24N8O/c1-17-10-11-19-21(15-17)32(2)24(28-19)16-34-20-8-4-3-7-18(20)25(31-34)26(35)27-13-12-23-30-29-22-9-5-6-14-33(22)23/h3-11,14-15H,12-13,16H2,1-2H3,(H,27,35). The van der Waals surface area contributed by atoms with Gasteiger partial charge < -0.3 is 9.88 Å². The molecule has 0 unspecified atom stereocenters. The van der Waals surface area contributed by atoms with Crippen molar-refractivity contribution >= 4 is 33.5 Å². The van der Waals surface area contributed by atoms with Crippen LogP contribution in [0.25, 0.3) is 27.6 Å². The average molecular weight is 465 g/mol. The van der Waals surface area contributed by atoms with Crippen LogP contribution in [0.15, 0.2) is 66.9 Å². The van der Waals surface area contributed by atoms with Gasteiger partial charge in [0.25, 0.3) is 5.91 Å². The first kappa shape index (κ1) is 21.0. The topological polar surface area (TPSA) is 94.9 Å². The Bertz CT molecular complexity index is 1710. The molecule has 0 fully saturated rings. The molecule has 0 radical (unpaired) electrons. The molecule has 0 saturated carbocycles. The second-order valence-corrected chi connectivity index (χ2v) is 8.65. The van der Waals surface area contributed by atoms with Crippen molar-refractivity contribution in [2.45, 2.75) is 19.9 Å². The summed E-state index contributed by atoms with van der Waals surface area (Å²) in [5.41, 5.74) is 5.30. The molecule has 6 rings (SSSR count). The molecule has 0 saturated heterocycles. The van der Waals surface area contributed by atoms with Crippen LogP contribution in [0.5, 0.6) is 0 Å². The SMILES string of the molecule is Cc1ccc2nc(Cn3nc(C(=O)NCCc4nnc5ccccn45)c4ccccc43)n(C)c2c1. The zero-order valence-electron chi connectivity index (χ0n) is 19.5. The summed E-state index contributed by atoms with van der Waals surface area (Å²) in [7, 11) is 2.01. The van der Waals surface area contributed by atoms with Gasteiger partial charge in [0.2, 0.25) is 0 Å². The molecule has 0 aliphatic rings. The Labute approximate surface area is 201 Å². The van der Waals surface area contributed by atoms with E-state index in [0.717, 1.165) is 39.2 Å². The molecule has 9 heteroatoms. The minimum absolute atomic E-state index is 0.214. The second kappa shape index (κ2) is 8.35. The normalized spacial score (nSPS) is 11.6. The summed E-state index contributed by atoms with van der Waals surface area (Å²) >= 11 is 0. The Morgan fingerprint density at radius 1 is 0.971 bits per heavy atom. The molecule has 174 valence electrons. The summed E-state index contributed by atoms with van der Waals surface area (Å²) in [5.74, 6) is 1.47. The summed E-state index contributed by atoms with van der Waals surface area (Å²) in [6.07, 6.45) is 2.48. The number of nitrogens with zero attached hydrogens (tertiary/aromatic N) is 7. The van der Waals surface area contributed by atoms with E-state index in [1.54, 1.807) is 0 Å². The van der Waals surface area contributed by atoms with Gasteiger partial charge in [-0.25, -0.2) is 4.98 Å². The molecule has 4 aromatic heterocycles. The molecule has 6 aromatic rings. The molecule has 0 atom stereocenters. The number of imidazole rings is 1. The molecule has 0 aliphatic heterocycles. The van der Waals surface area contributed by atoms with Gasteiger partial charge in [-0.1, -0.05) is 30.3 Å². The Balaban J connectivity index is 1.25. The third-order valence-electron chi connectivity index (χ3n) is 6.31. The van der Waals surface area contributed by atoms with Gasteiger partial charge in [-0.3, -0.25) is 13.9 Å². The van der Waals surface area contributed by atoms with Crippen molar-refractivity contribution < 1.29 is 4.79 Å². The molecular formula is C26H24N8O. The van der Waals surface area contributed by atoms with E-state index in [2.05, 4.69) is 39.1 Å². The lowest BCUT2D eigenvalue weighted by Crippen LogP contribution is -2.27. The summed E-state index contributed by atoms with van der Waals surface area (Å²) in [4.78, 5) is 17.9. The molecule has 35 heavy (non-hydrogen) atoms. The number of carbonyl (C=O) groups is 1. The van der Waals surface area contributed by atoms with Crippen LogP contribution in [0.2, 0.25) is 0 Å². The highest BCUT2D eigenvalue weighted by Gasteiger charge is 2.19. The van der Waals surface area contributed by atoms with E-state index in [4.69, 9.17) is 10.1 Å². The van der Waals surface area contributed by atoms with Gasteiger partial charge >= 0.3 is 0 Å². The van der Waals surface area contributed by atoms with E-state index in [-0.39, 0.29) is 5.91 Å². The van der Waals surface area contributed by atoms with Crippen molar-refractivity contribution in [3.05, 3.63) is 89.8 Å². The largest absolute Gasteiger partial charge is 0.350 e. The molecule has 4 heterocycles. The minimum atomic E-state index is -0.214. The fourth-order valence-corrected chi connectivity index (χ4v) is 4.47. The summed E-state index contributed by atoms with van der Waals surface area (Å²) in [6.45, 7) is 2.97. The van der Waals surface area contributed by atoms with Crippen LogP contribution in [0.1, 0.15) is 27.7 Å². The third kappa shape index (κ3) is 3.71. The van der Waals surface area contributed by atoms with Crippen LogP contribution in [0.3, 0.4) is 0 Å². The maximum Gasteiger partial charge on any atom is 0.272 e. The van der Waals surface area contributed by atoms with Gasteiger partial charge in [0.05, 0.1) is 23.1 Å². The molecule has 1 amide bonds. The van der Waals surface area contributed by atoms with E-state index < -0.39 is 0 Å². The molecule has 2 aromatic carbocycles. The molecule has 0 bridgehead atoms. The van der Waals surface area contributed by atoms with Crippen LogP contribution in [0.4, 0.5) is 0 Å². The quantitative estimate of drug-likeness (QED) is 0.408. The van der Waals surface area contributed by atoms with Crippen molar-refractivity contribution in [2.24, 2.45) is 7.05 Å². The number of pyridine rings is 1. The lowest BCUT2D eigenvalue weighted by molar-refractivity contribution is 0.0949. The maximum atomic E-state index is 13.1. The van der Waals surface area contributed by atoms with Gasteiger partial charge in [0.15, 0.2) is 11.3 Å². The molecule has 1 N–H and O–H groups in total. The number of hydrogen-bond donors (Lipinski definition) is 1. The van der Waals surface area contributed by atoms with Crippen LogP contribution >= 0.6 is 0 Å². The maximum absolute atomic E-state index is 13.1. The van der Waals surface area contributed by atoms with Gasteiger partial charge in [-0.05, 0) is 42.8 Å². The van der Waals surface area contributed by atoms with E-state index >= 15 is 0 Å². The molecule has 0 spiro atoms.